The first kappa shape index (κ1) is 26.8. The van der Waals surface area contributed by atoms with Gasteiger partial charge in [0.25, 0.3) is 10.0 Å². The van der Waals surface area contributed by atoms with Crippen LogP contribution in [0.3, 0.4) is 0 Å². The Labute approximate surface area is 215 Å². The van der Waals surface area contributed by atoms with Gasteiger partial charge in [-0.3, -0.25) is 13.8 Å². The lowest BCUT2D eigenvalue weighted by Gasteiger charge is -2.22. The van der Waals surface area contributed by atoms with Crippen molar-refractivity contribution in [2.24, 2.45) is 0 Å². The summed E-state index contributed by atoms with van der Waals surface area (Å²) < 4.78 is 53.2. The number of hydrogen-bond donors (Lipinski definition) is 2. The molecule has 8 nitrogen and oxygen atoms in total. The second-order valence-corrected chi connectivity index (χ2v) is 12.0. The molecule has 186 valence electrons. The van der Waals surface area contributed by atoms with Crippen LogP contribution in [0.1, 0.15) is 12.8 Å². The second kappa shape index (κ2) is 11.3. The van der Waals surface area contributed by atoms with Crippen molar-refractivity contribution < 1.29 is 21.6 Å². The summed E-state index contributed by atoms with van der Waals surface area (Å²) in [5.41, 5.74) is 1.08. The Bertz CT molecular complexity index is 1410. The molecule has 3 rings (SSSR count). The highest BCUT2D eigenvalue weighted by Crippen LogP contribution is 2.25. The van der Waals surface area contributed by atoms with Crippen LogP contribution in [0.25, 0.3) is 0 Å². The van der Waals surface area contributed by atoms with Crippen molar-refractivity contribution in [1.29, 1.82) is 0 Å². The highest BCUT2D eigenvalue weighted by atomic mass is 35.5. The number of anilines is 3. The quantitative estimate of drug-likeness (QED) is 0.366. The van der Waals surface area contributed by atoms with Crippen LogP contribution in [0.15, 0.2) is 77.7 Å². The third-order valence-electron chi connectivity index (χ3n) is 4.83. The van der Waals surface area contributed by atoms with Crippen molar-refractivity contribution in [3.05, 3.63) is 82.8 Å². The molecule has 0 atom stereocenters. The summed E-state index contributed by atoms with van der Waals surface area (Å²) in [5.74, 6) is -0.339. The third kappa shape index (κ3) is 7.60. The molecule has 0 saturated heterocycles. The van der Waals surface area contributed by atoms with Gasteiger partial charge in [0, 0.05) is 23.7 Å². The SMILES string of the molecule is CS(=O)(=O)N(CCCC(=O)Nc1ccc(S(=O)(=O)Nc2ccccc2Cl)cc1)c1cccc(Cl)c1. The van der Waals surface area contributed by atoms with E-state index in [9.17, 15) is 21.6 Å². The van der Waals surface area contributed by atoms with Crippen LogP contribution >= 0.6 is 23.2 Å². The number of hydrogen-bond acceptors (Lipinski definition) is 5. The van der Waals surface area contributed by atoms with Crippen LogP contribution in [0.4, 0.5) is 17.1 Å². The number of amides is 1. The van der Waals surface area contributed by atoms with Gasteiger partial charge >= 0.3 is 0 Å². The van der Waals surface area contributed by atoms with E-state index in [-0.39, 0.29) is 40.9 Å². The van der Waals surface area contributed by atoms with Gasteiger partial charge < -0.3 is 5.32 Å². The topological polar surface area (TPSA) is 113 Å². The Balaban J connectivity index is 1.58. The fourth-order valence-electron chi connectivity index (χ4n) is 3.19. The highest BCUT2D eigenvalue weighted by Gasteiger charge is 2.18. The normalized spacial score (nSPS) is 11.6. The maximum absolute atomic E-state index is 12.6. The van der Waals surface area contributed by atoms with Crippen LogP contribution in [-0.4, -0.2) is 35.5 Å². The van der Waals surface area contributed by atoms with E-state index in [0.29, 0.717) is 16.4 Å². The zero-order chi connectivity index (χ0) is 25.6. The van der Waals surface area contributed by atoms with Crippen molar-refractivity contribution in [2.45, 2.75) is 17.7 Å². The maximum atomic E-state index is 12.6. The van der Waals surface area contributed by atoms with Crippen molar-refractivity contribution in [2.75, 3.05) is 27.1 Å². The summed E-state index contributed by atoms with van der Waals surface area (Å²) in [4.78, 5) is 12.3. The Morgan fingerprint density at radius 2 is 1.60 bits per heavy atom. The Morgan fingerprint density at radius 3 is 2.23 bits per heavy atom. The van der Waals surface area contributed by atoms with Gasteiger partial charge in [0.1, 0.15) is 0 Å². The van der Waals surface area contributed by atoms with Gasteiger partial charge in [-0.25, -0.2) is 16.8 Å². The van der Waals surface area contributed by atoms with Gasteiger partial charge in [-0.2, -0.15) is 0 Å². The van der Waals surface area contributed by atoms with E-state index in [1.165, 1.54) is 28.6 Å². The molecule has 12 heteroatoms. The van der Waals surface area contributed by atoms with Gasteiger partial charge in [0.05, 0.1) is 27.5 Å². The smallest absolute Gasteiger partial charge is 0.261 e. The molecule has 0 radical (unpaired) electrons. The van der Waals surface area contributed by atoms with Crippen molar-refractivity contribution in [3.63, 3.8) is 0 Å². The van der Waals surface area contributed by atoms with E-state index in [2.05, 4.69) is 10.0 Å². The molecule has 0 spiro atoms. The minimum Gasteiger partial charge on any atom is -0.326 e. The summed E-state index contributed by atoms with van der Waals surface area (Å²) in [6.07, 6.45) is 1.41. The molecule has 0 aromatic heterocycles. The van der Waals surface area contributed by atoms with E-state index >= 15 is 0 Å². The number of nitrogens with zero attached hydrogens (tertiary/aromatic N) is 1. The van der Waals surface area contributed by atoms with Crippen molar-refractivity contribution in [1.82, 2.24) is 0 Å². The zero-order valence-electron chi connectivity index (χ0n) is 18.6. The monoisotopic (exact) mass is 555 g/mol. The van der Waals surface area contributed by atoms with Crippen LogP contribution in [0, 0.1) is 0 Å². The number of carbonyl (C=O) groups excluding carboxylic acids is 1. The van der Waals surface area contributed by atoms with Gasteiger partial charge in [-0.05, 0) is 61.0 Å². The summed E-state index contributed by atoms with van der Waals surface area (Å²) >= 11 is 12.0. The molecule has 0 aliphatic heterocycles. The molecule has 0 aliphatic carbocycles. The van der Waals surface area contributed by atoms with E-state index < -0.39 is 20.0 Å². The lowest BCUT2D eigenvalue weighted by atomic mass is 10.2. The second-order valence-electron chi connectivity index (χ2n) is 7.58. The molecule has 0 saturated carbocycles. The Morgan fingerprint density at radius 1 is 0.914 bits per heavy atom. The molecule has 35 heavy (non-hydrogen) atoms. The minimum atomic E-state index is -3.87. The molecule has 0 unspecified atom stereocenters. The fourth-order valence-corrected chi connectivity index (χ4v) is 5.65. The molecule has 0 aliphatic rings. The predicted molar refractivity (Wildman–Crippen MR) is 140 cm³/mol. The molecule has 0 bridgehead atoms. The fraction of sp³-hybridized carbons (Fsp3) is 0.174. The number of carbonyl (C=O) groups is 1. The first-order valence-electron chi connectivity index (χ1n) is 10.4. The average molecular weight is 556 g/mol. The number of nitrogens with one attached hydrogen (secondary N) is 2. The first-order chi connectivity index (χ1) is 16.5. The number of sulfonamides is 2. The molecule has 3 aromatic rings. The molecular formula is C23H23Cl2N3O5S2. The van der Waals surface area contributed by atoms with Gasteiger partial charge in [-0.15, -0.1) is 0 Å². The van der Waals surface area contributed by atoms with E-state index in [4.69, 9.17) is 23.2 Å². The van der Waals surface area contributed by atoms with E-state index in [1.807, 2.05) is 0 Å². The number of halogens is 2. The van der Waals surface area contributed by atoms with Crippen molar-refractivity contribution in [3.8, 4) is 0 Å². The van der Waals surface area contributed by atoms with Crippen LogP contribution in [0.2, 0.25) is 10.0 Å². The van der Waals surface area contributed by atoms with E-state index in [0.717, 1.165) is 6.26 Å². The highest BCUT2D eigenvalue weighted by molar-refractivity contribution is 7.92. The predicted octanol–water partition coefficient (Wildman–Crippen LogP) is 4.98. The zero-order valence-corrected chi connectivity index (χ0v) is 21.8. The lowest BCUT2D eigenvalue weighted by Crippen LogP contribution is -2.31. The molecule has 3 aromatic carbocycles. The summed E-state index contributed by atoms with van der Waals surface area (Å²) in [6, 6.07) is 18.6. The molecular weight excluding hydrogens is 533 g/mol. The summed E-state index contributed by atoms with van der Waals surface area (Å²) in [5, 5.41) is 3.35. The van der Waals surface area contributed by atoms with Crippen molar-refractivity contribution >= 4 is 66.2 Å². The van der Waals surface area contributed by atoms with Gasteiger partial charge in [0.2, 0.25) is 15.9 Å². The number of para-hydroxylation sites is 1. The van der Waals surface area contributed by atoms with Crippen LogP contribution in [-0.2, 0) is 24.8 Å². The Kier molecular flexibility index (Phi) is 8.65. The van der Waals surface area contributed by atoms with Gasteiger partial charge in [0.15, 0.2) is 0 Å². The minimum absolute atomic E-state index is 0.000680. The maximum Gasteiger partial charge on any atom is 0.261 e. The summed E-state index contributed by atoms with van der Waals surface area (Å²) in [6.45, 7) is 0.0947. The molecule has 0 fully saturated rings. The van der Waals surface area contributed by atoms with Gasteiger partial charge in [-0.1, -0.05) is 41.4 Å². The van der Waals surface area contributed by atoms with Crippen LogP contribution in [0.5, 0.6) is 0 Å². The largest absolute Gasteiger partial charge is 0.326 e. The molecule has 1 amide bonds. The molecule has 2 N–H and O–H groups in total. The first-order valence-corrected chi connectivity index (χ1v) is 14.4. The van der Waals surface area contributed by atoms with E-state index in [1.54, 1.807) is 48.5 Å². The standard InChI is InChI=1S/C23H23Cl2N3O5S2/c1-34(30,31)28(19-7-4-6-17(24)16-19)15-5-10-23(29)26-18-11-13-20(14-12-18)35(32,33)27-22-9-3-2-8-21(22)25/h2-4,6-9,11-14,16,27H,5,10,15H2,1H3,(H,26,29). The third-order valence-corrected chi connectivity index (χ3v) is 7.97. The number of rotatable bonds is 10. The Hall–Kier alpha value is -2.79. The lowest BCUT2D eigenvalue weighted by molar-refractivity contribution is -0.116. The summed E-state index contributed by atoms with van der Waals surface area (Å²) in [7, 11) is -7.43. The number of benzene rings is 3. The van der Waals surface area contributed by atoms with Crippen LogP contribution < -0.4 is 14.3 Å². The molecule has 0 heterocycles. The average Bonchev–Trinajstić information content (AvgIpc) is 2.78.